The first-order chi connectivity index (χ1) is 16.5. The third-order valence-electron chi connectivity index (χ3n) is 5.50. The van der Waals surface area contributed by atoms with Crippen molar-refractivity contribution < 1.29 is 23.9 Å². The number of nitrogens with one attached hydrogen (secondary N) is 2. The highest BCUT2D eigenvalue weighted by Crippen LogP contribution is 2.34. The molecule has 0 saturated carbocycles. The van der Waals surface area contributed by atoms with Gasteiger partial charge in [-0.25, -0.2) is 0 Å². The predicted molar refractivity (Wildman–Crippen MR) is 121 cm³/mol. The molecule has 2 aromatic carbocycles. The maximum absolute atomic E-state index is 12.9. The number of carbonyl (C=O) groups excluding carboxylic acids is 4. The molecule has 0 bridgehead atoms. The van der Waals surface area contributed by atoms with Gasteiger partial charge in [0.15, 0.2) is 6.61 Å². The first-order valence-corrected chi connectivity index (χ1v) is 10.8. The lowest BCUT2D eigenvalue weighted by Crippen LogP contribution is -2.52. The summed E-state index contributed by atoms with van der Waals surface area (Å²) in [7, 11) is 0. The minimum atomic E-state index is -0.688. The Morgan fingerprint density at radius 3 is 2.68 bits per heavy atom. The molecule has 2 aromatic rings. The van der Waals surface area contributed by atoms with E-state index in [4.69, 9.17) is 10.5 Å². The molecule has 0 spiro atoms. The van der Waals surface area contributed by atoms with Crippen LogP contribution in [-0.4, -0.2) is 54.3 Å². The molecule has 4 amide bonds. The Kier molecular flexibility index (Phi) is 6.93. The molecule has 1 unspecified atom stereocenters. The van der Waals surface area contributed by atoms with Crippen LogP contribution in [0, 0.1) is 0 Å². The third kappa shape index (κ3) is 5.09. The fourth-order valence-corrected chi connectivity index (χ4v) is 3.80. The SMILES string of the molecule is NCCNC(=O)COc1ccc(/N=N/c2cccc3c2CN(C2CCC(=O)NC2=O)C3=O)cc1. The minimum Gasteiger partial charge on any atom is -0.484 e. The van der Waals surface area contributed by atoms with E-state index in [2.05, 4.69) is 20.9 Å². The summed E-state index contributed by atoms with van der Waals surface area (Å²) >= 11 is 0. The lowest BCUT2D eigenvalue weighted by molar-refractivity contribution is -0.137. The van der Waals surface area contributed by atoms with Crippen LogP contribution < -0.4 is 21.1 Å². The van der Waals surface area contributed by atoms with Crippen LogP contribution in [0.3, 0.4) is 0 Å². The van der Waals surface area contributed by atoms with Crippen LogP contribution in [0.5, 0.6) is 5.75 Å². The molecule has 0 radical (unpaired) electrons. The van der Waals surface area contributed by atoms with Crippen molar-refractivity contribution in [3.63, 3.8) is 0 Å². The number of piperidine rings is 1. The number of benzene rings is 2. The summed E-state index contributed by atoms with van der Waals surface area (Å²) < 4.78 is 5.42. The predicted octanol–water partition coefficient (Wildman–Crippen LogP) is 1.32. The minimum absolute atomic E-state index is 0.116. The van der Waals surface area contributed by atoms with Crippen molar-refractivity contribution in [3.8, 4) is 5.75 Å². The normalized spacial score (nSPS) is 17.6. The van der Waals surface area contributed by atoms with E-state index in [1.807, 2.05) is 0 Å². The van der Waals surface area contributed by atoms with Gasteiger partial charge in [-0.1, -0.05) is 6.07 Å². The van der Waals surface area contributed by atoms with Crippen LogP contribution in [0.25, 0.3) is 0 Å². The van der Waals surface area contributed by atoms with E-state index in [9.17, 15) is 19.2 Å². The lowest BCUT2D eigenvalue weighted by atomic mass is 10.0. The summed E-state index contributed by atoms with van der Waals surface area (Å²) in [5.74, 6) is -0.801. The van der Waals surface area contributed by atoms with Gasteiger partial charge in [0.2, 0.25) is 11.8 Å². The molecule has 0 aromatic heterocycles. The van der Waals surface area contributed by atoms with Gasteiger partial charge >= 0.3 is 0 Å². The average molecular weight is 464 g/mol. The van der Waals surface area contributed by atoms with Crippen molar-refractivity contribution in [2.24, 2.45) is 16.0 Å². The van der Waals surface area contributed by atoms with Gasteiger partial charge in [0.25, 0.3) is 11.8 Å². The van der Waals surface area contributed by atoms with Crippen LogP contribution in [0.15, 0.2) is 52.7 Å². The van der Waals surface area contributed by atoms with E-state index in [0.717, 1.165) is 0 Å². The molecule has 0 aliphatic carbocycles. The van der Waals surface area contributed by atoms with Gasteiger partial charge in [-0.15, -0.1) is 0 Å². The zero-order chi connectivity index (χ0) is 24.1. The number of carbonyl (C=O) groups is 4. The first kappa shape index (κ1) is 23.1. The highest BCUT2D eigenvalue weighted by atomic mass is 16.5. The molecule has 1 saturated heterocycles. The molecular weight excluding hydrogens is 440 g/mol. The number of hydrogen-bond donors (Lipinski definition) is 3. The van der Waals surface area contributed by atoms with E-state index in [0.29, 0.717) is 47.8 Å². The van der Waals surface area contributed by atoms with Crippen LogP contribution in [-0.2, 0) is 20.9 Å². The first-order valence-electron chi connectivity index (χ1n) is 10.8. The van der Waals surface area contributed by atoms with Crippen molar-refractivity contribution in [2.75, 3.05) is 19.7 Å². The molecule has 176 valence electrons. The van der Waals surface area contributed by atoms with Crippen molar-refractivity contribution in [2.45, 2.75) is 25.4 Å². The Labute approximate surface area is 195 Å². The van der Waals surface area contributed by atoms with Crippen molar-refractivity contribution in [1.82, 2.24) is 15.5 Å². The van der Waals surface area contributed by atoms with E-state index in [1.165, 1.54) is 4.90 Å². The maximum Gasteiger partial charge on any atom is 0.257 e. The van der Waals surface area contributed by atoms with E-state index >= 15 is 0 Å². The summed E-state index contributed by atoms with van der Waals surface area (Å²) in [5, 5.41) is 13.5. The van der Waals surface area contributed by atoms with Crippen molar-refractivity contribution >= 4 is 35.0 Å². The monoisotopic (exact) mass is 464 g/mol. The van der Waals surface area contributed by atoms with Gasteiger partial charge < -0.3 is 20.7 Å². The number of fused-ring (bicyclic) bond motifs is 1. The molecular formula is C23H24N6O5. The number of ether oxygens (including phenoxy) is 1. The Bertz CT molecular complexity index is 1150. The van der Waals surface area contributed by atoms with Crippen LogP contribution in [0.1, 0.15) is 28.8 Å². The number of imide groups is 1. The van der Waals surface area contributed by atoms with E-state index in [1.54, 1.807) is 42.5 Å². The van der Waals surface area contributed by atoms with Crippen LogP contribution >= 0.6 is 0 Å². The van der Waals surface area contributed by atoms with Crippen LogP contribution in [0.2, 0.25) is 0 Å². The molecule has 2 aliphatic rings. The van der Waals surface area contributed by atoms with E-state index < -0.39 is 11.9 Å². The molecule has 4 rings (SSSR count). The second-order valence-corrected chi connectivity index (χ2v) is 7.82. The number of hydrogen-bond acceptors (Lipinski definition) is 8. The highest BCUT2D eigenvalue weighted by molar-refractivity contribution is 6.06. The highest BCUT2D eigenvalue weighted by Gasteiger charge is 2.39. The quantitative estimate of drug-likeness (QED) is 0.395. The molecule has 1 atom stereocenters. The smallest absolute Gasteiger partial charge is 0.257 e. The third-order valence-corrected chi connectivity index (χ3v) is 5.50. The standard InChI is InChI=1S/C23H24N6O5/c24-10-11-25-21(31)13-34-15-6-4-14(5-7-15)27-28-18-3-1-2-16-17(18)12-29(23(16)33)19-8-9-20(30)26-22(19)32/h1-7,19H,8-13,24H2,(H,25,31)(H,26,30,32)/b28-27+. The Morgan fingerprint density at radius 2 is 1.94 bits per heavy atom. The number of azo groups is 1. The van der Waals surface area contributed by atoms with Crippen LogP contribution in [0.4, 0.5) is 11.4 Å². The lowest BCUT2D eigenvalue weighted by Gasteiger charge is -2.29. The number of amides is 4. The van der Waals surface area contributed by atoms with Gasteiger partial charge in [-0.05, 0) is 42.8 Å². The summed E-state index contributed by atoms with van der Waals surface area (Å²) in [4.78, 5) is 49.6. The van der Waals surface area contributed by atoms with Gasteiger partial charge in [-0.2, -0.15) is 10.2 Å². The van der Waals surface area contributed by atoms with Gasteiger partial charge in [0.05, 0.1) is 11.4 Å². The van der Waals surface area contributed by atoms with E-state index in [-0.39, 0.29) is 37.3 Å². The topological polar surface area (TPSA) is 156 Å². The molecule has 11 heteroatoms. The molecule has 2 heterocycles. The Balaban J connectivity index is 1.42. The largest absolute Gasteiger partial charge is 0.484 e. The zero-order valence-electron chi connectivity index (χ0n) is 18.3. The van der Waals surface area contributed by atoms with Crippen molar-refractivity contribution in [3.05, 3.63) is 53.6 Å². The second kappa shape index (κ2) is 10.2. The Hall–Kier alpha value is -4.12. The fraction of sp³-hybridized carbons (Fsp3) is 0.304. The molecule has 11 nitrogen and oxygen atoms in total. The summed E-state index contributed by atoms with van der Waals surface area (Å²) in [6, 6.07) is 11.2. The van der Waals surface area contributed by atoms with Gasteiger partial charge in [-0.3, -0.25) is 24.5 Å². The average Bonchev–Trinajstić information content (AvgIpc) is 3.17. The van der Waals surface area contributed by atoms with Crippen molar-refractivity contribution in [1.29, 1.82) is 0 Å². The van der Waals surface area contributed by atoms with Gasteiger partial charge in [0, 0.05) is 37.2 Å². The number of nitrogens with zero attached hydrogens (tertiary/aromatic N) is 3. The zero-order valence-corrected chi connectivity index (χ0v) is 18.3. The summed E-state index contributed by atoms with van der Waals surface area (Å²) in [6.45, 7) is 0.851. The second-order valence-electron chi connectivity index (χ2n) is 7.82. The molecule has 4 N–H and O–H groups in total. The fourth-order valence-electron chi connectivity index (χ4n) is 3.80. The summed E-state index contributed by atoms with van der Waals surface area (Å²) in [6.07, 6.45) is 0.492. The number of nitrogens with two attached hydrogens (primary N) is 1. The molecule has 34 heavy (non-hydrogen) atoms. The Morgan fingerprint density at radius 1 is 1.15 bits per heavy atom. The molecule has 1 fully saturated rings. The summed E-state index contributed by atoms with van der Waals surface area (Å²) in [5.41, 5.74) is 7.58. The maximum atomic E-state index is 12.9. The number of rotatable bonds is 8. The molecule has 2 aliphatic heterocycles. The van der Waals surface area contributed by atoms with Gasteiger partial charge in [0.1, 0.15) is 11.8 Å².